The van der Waals surface area contributed by atoms with Crippen molar-refractivity contribution in [1.29, 1.82) is 0 Å². The van der Waals surface area contributed by atoms with E-state index in [-0.39, 0.29) is 10.8 Å². The molecule has 4 aromatic carbocycles. The van der Waals surface area contributed by atoms with Crippen molar-refractivity contribution < 1.29 is 4.58 Å². The summed E-state index contributed by atoms with van der Waals surface area (Å²) < 4.78 is 2.61. The van der Waals surface area contributed by atoms with Gasteiger partial charge in [0.05, 0.1) is 5.41 Å². The molecule has 2 aliphatic rings. The average Bonchev–Trinajstić information content (AvgIpc) is 3.34. The minimum absolute atomic E-state index is 0.0732. The Labute approximate surface area is 265 Å². The highest BCUT2D eigenvalue weighted by atomic mass is 15.2. The van der Waals surface area contributed by atoms with Gasteiger partial charge in [-0.15, -0.1) is 0 Å². The van der Waals surface area contributed by atoms with E-state index in [1.165, 1.54) is 81.1 Å². The molecule has 0 bridgehead atoms. The number of rotatable bonds is 9. The molecule has 226 valence electrons. The molecule has 2 aliphatic heterocycles. The number of allylic oxidation sites excluding steroid dienone is 6. The standard InChI is InChI=1S/C42H49N2/c1-30(2)18-10-9-17-29-44-36-28-26-32-20-14-16-22-34(32)40(36)42(5,6)38(44)24-12-8-11-23-37-41(3,4)39-33-21-15-13-19-31(33)25-27-35(39)43(37)7/h8,11-16,19-28,30H,9-10,17-18,29H2,1-7H3/q+1. The zero-order chi connectivity index (χ0) is 31.1. The van der Waals surface area contributed by atoms with Crippen molar-refractivity contribution >= 4 is 38.6 Å². The van der Waals surface area contributed by atoms with Crippen molar-refractivity contribution in [3.05, 3.63) is 120 Å². The lowest BCUT2D eigenvalue weighted by molar-refractivity contribution is -0.438. The topological polar surface area (TPSA) is 6.25 Å². The van der Waals surface area contributed by atoms with Crippen LogP contribution in [0, 0.1) is 5.92 Å². The highest BCUT2D eigenvalue weighted by molar-refractivity contribution is 6.07. The van der Waals surface area contributed by atoms with Crippen LogP contribution in [0.2, 0.25) is 0 Å². The van der Waals surface area contributed by atoms with E-state index in [4.69, 9.17) is 0 Å². The molecule has 0 atom stereocenters. The van der Waals surface area contributed by atoms with E-state index in [1.54, 1.807) is 0 Å². The van der Waals surface area contributed by atoms with Crippen LogP contribution in [0.25, 0.3) is 21.5 Å². The second-order valence-electron chi connectivity index (χ2n) is 14.2. The Morgan fingerprint density at radius 2 is 1.36 bits per heavy atom. The van der Waals surface area contributed by atoms with Gasteiger partial charge >= 0.3 is 0 Å². The Morgan fingerprint density at radius 3 is 2.07 bits per heavy atom. The summed E-state index contributed by atoms with van der Waals surface area (Å²) in [5, 5.41) is 5.36. The number of nitrogens with zero attached hydrogens (tertiary/aromatic N) is 2. The molecule has 0 saturated carbocycles. The summed E-state index contributed by atoms with van der Waals surface area (Å²) in [6.07, 6.45) is 16.5. The highest BCUT2D eigenvalue weighted by Gasteiger charge is 2.45. The van der Waals surface area contributed by atoms with Crippen LogP contribution in [0.4, 0.5) is 11.4 Å². The number of hydrogen-bond acceptors (Lipinski definition) is 1. The minimum Gasteiger partial charge on any atom is -0.347 e. The van der Waals surface area contributed by atoms with E-state index in [0.29, 0.717) is 0 Å². The minimum atomic E-state index is -0.0761. The highest BCUT2D eigenvalue weighted by Crippen LogP contribution is 2.50. The first-order chi connectivity index (χ1) is 21.1. The van der Waals surface area contributed by atoms with Gasteiger partial charge in [-0.2, -0.15) is 4.58 Å². The third kappa shape index (κ3) is 5.23. The third-order valence-electron chi connectivity index (χ3n) is 10.0. The zero-order valence-electron chi connectivity index (χ0n) is 27.8. The van der Waals surface area contributed by atoms with Gasteiger partial charge < -0.3 is 4.90 Å². The summed E-state index contributed by atoms with van der Waals surface area (Å²) in [7, 11) is 2.20. The summed E-state index contributed by atoms with van der Waals surface area (Å²) >= 11 is 0. The lowest BCUT2D eigenvalue weighted by Crippen LogP contribution is -2.28. The predicted octanol–water partition coefficient (Wildman–Crippen LogP) is 11.0. The van der Waals surface area contributed by atoms with E-state index in [1.807, 2.05) is 0 Å². The fourth-order valence-corrected chi connectivity index (χ4v) is 7.83. The van der Waals surface area contributed by atoms with Gasteiger partial charge in [0.1, 0.15) is 6.54 Å². The largest absolute Gasteiger partial charge is 0.347 e. The van der Waals surface area contributed by atoms with Crippen molar-refractivity contribution in [1.82, 2.24) is 0 Å². The fourth-order valence-electron chi connectivity index (χ4n) is 7.83. The van der Waals surface area contributed by atoms with Crippen molar-refractivity contribution in [3.63, 3.8) is 0 Å². The molecule has 6 rings (SSSR count). The zero-order valence-corrected chi connectivity index (χ0v) is 27.8. The predicted molar refractivity (Wildman–Crippen MR) is 192 cm³/mol. The number of unbranched alkanes of at least 4 members (excludes halogenated alkanes) is 2. The van der Waals surface area contributed by atoms with Gasteiger partial charge in [-0.25, -0.2) is 0 Å². The Balaban J connectivity index is 1.29. The first-order valence-electron chi connectivity index (χ1n) is 16.6. The number of fused-ring (bicyclic) bond motifs is 6. The molecule has 0 aliphatic carbocycles. The fraction of sp³-hybridized carbons (Fsp3) is 0.357. The summed E-state index contributed by atoms with van der Waals surface area (Å²) in [5.74, 6) is 0.780. The molecular formula is C42H49N2+. The lowest BCUT2D eigenvalue weighted by atomic mass is 9.79. The number of likely N-dealkylation sites (N-methyl/N-ethyl adjacent to an activating group) is 1. The molecule has 0 fully saturated rings. The lowest BCUT2D eigenvalue weighted by Gasteiger charge is -2.24. The molecule has 2 nitrogen and oxygen atoms in total. The van der Waals surface area contributed by atoms with Gasteiger partial charge in [-0.05, 0) is 71.5 Å². The number of hydrogen-bond donors (Lipinski definition) is 0. The van der Waals surface area contributed by atoms with Crippen LogP contribution in [0.1, 0.15) is 78.4 Å². The maximum atomic E-state index is 2.61. The van der Waals surface area contributed by atoms with Crippen molar-refractivity contribution in [2.75, 3.05) is 18.5 Å². The van der Waals surface area contributed by atoms with Gasteiger partial charge in [0, 0.05) is 48.0 Å². The molecule has 0 N–H and O–H groups in total. The molecule has 0 spiro atoms. The van der Waals surface area contributed by atoms with Crippen molar-refractivity contribution in [3.8, 4) is 0 Å². The van der Waals surface area contributed by atoms with Crippen molar-refractivity contribution in [2.45, 2.75) is 78.1 Å². The molecule has 0 amide bonds. The van der Waals surface area contributed by atoms with Crippen LogP contribution in [0.3, 0.4) is 0 Å². The molecule has 2 heterocycles. The second-order valence-corrected chi connectivity index (χ2v) is 14.2. The monoisotopic (exact) mass is 581 g/mol. The smallest absolute Gasteiger partial charge is 0.210 e. The summed E-state index contributed by atoms with van der Waals surface area (Å²) in [6, 6.07) is 26.8. The van der Waals surface area contributed by atoms with E-state index >= 15 is 0 Å². The molecule has 0 radical (unpaired) electrons. The molecule has 4 aromatic rings. The maximum absolute atomic E-state index is 2.61. The van der Waals surface area contributed by atoms with Gasteiger partial charge in [0.2, 0.25) is 5.69 Å². The van der Waals surface area contributed by atoms with Crippen LogP contribution in [0.15, 0.2) is 109 Å². The second kappa shape index (κ2) is 11.9. The summed E-state index contributed by atoms with van der Waals surface area (Å²) in [4.78, 5) is 2.37. The Kier molecular flexibility index (Phi) is 8.14. The average molecular weight is 582 g/mol. The van der Waals surface area contributed by atoms with Gasteiger partial charge in [0.15, 0.2) is 5.71 Å². The van der Waals surface area contributed by atoms with Crippen LogP contribution in [-0.2, 0) is 10.8 Å². The Bertz CT molecular complexity index is 1830. The first-order valence-corrected chi connectivity index (χ1v) is 16.6. The summed E-state index contributed by atoms with van der Waals surface area (Å²) in [5.41, 5.74) is 8.13. The Morgan fingerprint density at radius 1 is 0.705 bits per heavy atom. The molecule has 0 unspecified atom stereocenters. The number of benzene rings is 4. The summed E-state index contributed by atoms with van der Waals surface area (Å²) in [6.45, 7) is 15.2. The third-order valence-corrected chi connectivity index (χ3v) is 10.0. The van der Waals surface area contributed by atoms with Crippen LogP contribution in [0.5, 0.6) is 0 Å². The molecule has 2 heteroatoms. The van der Waals surface area contributed by atoms with Crippen molar-refractivity contribution in [2.24, 2.45) is 5.92 Å². The Hall–Kier alpha value is -3.91. The maximum Gasteiger partial charge on any atom is 0.210 e. The number of anilines is 1. The normalized spacial score (nSPS) is 18.2. The van der Waals surface area contributed by atoms with E-state index in [0.717, 1.165) is 12.5 Å². The van der Waals surface area contributed by atoms with Crippen LogP contribution in [-0.4, -0.2) is 23.9 Å². The van der Waals surface area contributed by atoms with E-state index in [9.17, 15) is 0 Å². The van der Waals surface area contributed by atoms with Crippen LogP contribution < -0.4 is 4.90 Å². The molecular weight excluding hydrogens is 532 g/mol. The molecule has 0 saturated heterocycles. The van der Waals surface area contributed by atoms with Gasteiger partial charge in [0.25, 0.3) is 0 Å². The van der Waals surface area contributed by atoms with E-state index < -0.39 is 0 Å². The quantitative estimate of drug-likeness (QED) is 0.108. The SMILES string of the molecule is CC(C)CCCCC[N+]1=C(/C=C/C=C/C=C2/N(C)c3ccc4ccccc4c3C2(C)C)C(C)(C)c2c1ccc1ccccc21. The van der Waals surface area contributed by atoms with E-state index in [2.05, 4.69) is 161 Å². The van der Waals surface area contributed by atoms with Gasteiger partial charge in [-0.3, -0.25) is 0 Å². The van der Waals surface area contributed by atoms with Gasteiger partial charge in [-0.1, -0.05) is 113 Å². The molecule has 0 aromatic heterocycles. The van der Waals surface area contributed by atoms with Crippen LogP contribution >= 0.6 is 0 Å². The first kappa shape index (κ1) is 30.1. The molecule has 44 heavy (non-hydrogen) atoms.